The van der Waals surface area contributed by atoms with Crippen LogP contribution in [0.15, 0.2) is 64.6 Å². The minimum atomic E-state index is -0.253. The monoisotopic (exact) mass is 1420 g/mol. The number of thiophene rings is 6. The maximum Gasteiger partial charge on any atom is 0.234 e. The molecule has 3 aliphatic carbocycles. The summed E-state index contributed by atoms with van der Waals surface area (Å²) in [5.74, 6) is 13.9. The zero-order valence-electron chi connectivity index (χ0n) is 57.0. The molecule has 6 aliphatic heterocycles. The molecule has 0 amide bonds. The molecule has 528 valence electrons. The van der Waals surface area contributed by atoms with Gasteiger partial charge in [-0.05, 0) is 81.5 Å². The van der Waals surface area contributed by atoms with Crippen molar-refractivity contribution in [1.29, 1.82) is 0 Å². The molecule has 15 rings (SSSR count). The van der Waals surface area contributed by atoms with E-state index in [4.69, 9.17) is 66.3 Å². The average molecular weight is 1430 g/mol. The van der Waals surface area contributed by atoms with E-state index in [0.29, 0.717) is 37.3 Å². The molecule has 12 heterocycles. The third-order valence-corrected chi connectivity index (χ3v) is 22.9. The largest absolute Gasteiger partial charge is 0.485 e. The quantitative estimate of drug-likeness (QED) is 0.0598. The topological polar surface area (TPSA) is 129 Å². The first-order chi connectivity index (χ1) is 46.8. The highest BCUT2D eigenvalue weighted by Gasteiger charge is 2.37. The lowest BCUT2D eigenvalue weighted by Gasteiger charge is -2.33. The van der Waals surface area contributed by atoms with Crippen LogP contribution in [-0.2, 0) is 9.47 Å². The van der Waals surface area contributed by atoms with Crippen molar-refractivity contribution in [2.45, 2.75) is 250 Å². The Bertz CT molecular complexity index is 2960. The number of unbranched alkanes of at least 4 members (excludes halogenated alkanes) is 11. The molecular weight excluding hydrogens is 1320 g/mol. The van der Waals surface area contributed by atoms with E-state index in [1.54, 1.807) is 75.1 Å². The van der Waals surface area contributed by atoms with E-state index in [-0.39, 0.29) is 24.8 Å². The molecule has 6 unspecified atom stereocenters. The van der Waals surface area contributed by atoms with Gasteiger partial charge in [-0.25, -0.2) is 0 Å². The van der Waals surface area contributed by atoms with Crippen LogP contribution in [0.25, 0.3) is 0 Å². The Morgan fingerprint density at radius 3 is 1.13 bits per heavy atom. The Morgan fingerprint density at radius 1 is 0.347 bits per heavy atom. The van der Waals surface area contributed by atoms with Gasteiger partial charge in [0, 0.05) is 71.7 Å². The summed E-state index contributed by atoms with van der Waals surface area (Å²) in [5.41, 5.74) is 0. The lowest BCUT2D eigenvalue weighted by molar-refractivity contribution is -0.116. The Kier molecular flexibility index (Phi) is 31.9. The first-order valence-corrected chi connectivity index (χ1v) is 41.8. The molecule has 95 heavy (non-hydrogen) atoms. The van der Waals surface area contributed by atoms with Crippen molar-refractivity contribution in [3.05, 3.63) is 64.6 Å². The van der Waals surface area contributed by atoms with Gasteiger partial charge in [-0.2, -0.15) is 0 Å². The van der Waals surface area contributed by atoms with Gasteiger partial charge in [-0.1, -0.05) is 156 Å². The molecule has 6 atom stereocenters. The number of fused-ring (bicyclic) bond motifs is 6. The van der Waals surface area contributed by atoms with Crippen LogP contribution in [0.2, 0.25) is 0 Å². The average Bonchev–Trinajstić information content (AvgIpc) is 2.02. The Morgan fingerprint density at radius 2 is 0.684 bits per heavy atom. The molecule has 0 spiro atoms. The molecule has 9 aliphatic rings. The van der Waals surface area contributed by atoms with Gasteiger partial charge in [-0.3, -0.25) is 0 Å². The van der Waals surface area contributed by atoms with E-state index in [0.717, 1.165) is 127 Å². The first-order valence-electron chi connectivity index (χ1n) is 36.1. The maximum atomic E-state index is 6.13. The lowest BCUT2D eigenvalue weighted by Crippen LogP contribution is -2.36. The molecule has 6 aromatic rings. The van der Waals surface area contributed by atoms with Crippen LogP contribution in [0, 0.1) is 23.7 Å². The van der Waals surface area contributed by atoms with Crippen LogP contribution in [0.4, 0.5) is 0 Å². The summed E-state index contributed by atoms with van der Waals surface area (Å²) in [6, 6.07) is 0. The molecule has 0 radical (unpaired) electrons. The highest BCUT2D eigenvalue weighted by Crippen LogP contribution is 2.44. The minimum Gasteiger partial charge on any atom is -0.485 e. The van der Waals surface area contributed by atoms with Crippen molar-refractivity contribution in [2.24, 2.45) is 23.7 Å². The predicted octanol–water partition coefficient (Wildman–Crippen LogP) is 22.2. The second-order valence-electron chi connectivity index (χ2n) is 26.8. The van der Waals surface area contributed by atoms with Crippen LogP contribution >= 0.6 is 68.0 Å². The molecule has 0 saturated heterocycles. The Labute approximate surface area is 591 Å². The SMILES string of the molecule is CC(C)CCCCCCCC1COc2cscc2O1.CCCCCCCCCCOC1COc2cscc2O1.COC1COc2cscc2O1.c1scc2c1OCC(C1CC1)O2.c1scc2c1OCC(C1CCCCC1)O2.c1scc2c1OCC(C1CCCCCCCC1)O2. The summed E-state index contributed by atoms with van der Waals surface area (Å²) in [7, 11) is 1.60. The highest BCUT2D eigenvalue weighted by molar-refractivity contribution is 7.09. The molecule has 0 aromatic carbocycles. The maximum absolute atomic E-state index is 6.13. The number of methoxy groups -OCH3 is 1. The van der Waals surface area contributed by atoms with E-state index in [2.05, 4.69) is 26.2 Å². The number of hydrogen-bond acceptors (Lipinski definition) is 20. The Balaban J connectivity index is 0.000000125. The summed E-state index contributed by atoms with van der Waals surface area (Å²) < 4.78 is 79.3. The summed E-state index contributed by atoms with van der Waals surface area (Å²) in [6.07, 6.45) is 40.8. The molecule has 20 heteroatoms. The molecule has 0 bridgehead atoms. The van der Waals surface area contributed by atoms with Gasteiger partial charge < -0.3 is 66.3 Å². The summed E-state index contributed by atoms with van der Waals surface area (Å²) in [5, 5.41) is 24.0. The third kappa shape index (κ3) is 24.8. The van der Waals surface area contributed by atoms with Crippen LogP contribution in [0.5, 0.6) is 69.0 Å². The van der Waals surface area contributed by atoms with Crippen LogP contribution < -0.4 is 56.8 Å². The zero-order chi connectivity index (χ0) is 65.5. The summed E-state index contributed by atoms with van der Waals surface area (Å²) in [6.45, 7) is 11.6. The number of ether oxygens (including phenoxy) is 14. The fourth-order valence-corrected chi connectivity index (χ4v) is 16.9. The summed E-state index contributed by atoms with van der Waals surface area (Å²) >= 11 is 9.76. The van der Waals surface area contributed by atoms with Gasteiger partial charge in [-0.15, -0.1) is 68.0 Å². The Hall–Kier alpha value is -4.28. The molecule has 3 saturated carbocycles. The van der Waals surface area contributed by atoms with Crippen LogP contribution in [0.1, 0.15) is 213 Å². The fourth-order valence-electron chi connectivity index (χ4n) is 12.9. The molecule has 3 fully saturated rings. The molecule has 0 N–H and O–H groups in total. The van der Waals surface area contributed by atoms with E-state index in [9.17, 15) is 0 Å². The van der Waals surface area contributed by atoms with Crippen molar-refractivity contribution in [3.8, 4) is 69.0 Å². The van der Waals surface area contributed by atoms with Gasteiger partial charge >= 0.3 is 0 Å². The molecule has 14 nitrogen and oxygen atoms in total. The van der Waals surface area contributed by atoms with Crippen molar-refractivity contribution >= 4 is 68.0 Å². The number of hydrogen-bond donors (Lipinski definition) is 0. The van der Waals surface area contributed by atoms with E-state index >= 15 is 0 Å². The standard InChI is InChI=1S/C16H26O3S.C16H26O2S.C15H22O2S.C12H16O2S.C9H10O2S.C7H8O3S/c1-2-3-4-5-6-7-8-9-10-17-16-11-18-14-12-20-13-15(14)19-16;1-13(2)8-6-4-3-5-7-9-14-10-17-15-11-19-12-16(15)18-14;1-2-4-6-8-12(7-5-3-1)13-9-16-14-10-18-11-15(14)17-13;1-2-4-9(5-3-1)10-6-13-11-7-15-8-12(11)14-10;1-2-6(1)7-3-10-8-4-12-5-9(8)11-7;1-8-7-2-9-5-3-11-4-6(5)10-7/h12-13,16H,2-11H2,1H3;11-14H,3-10H2,1-2H3;10-13H,1-9H2;7-10H,1-6H2;4-7H,1-3H2;3-4,7H,2H2,1H3. The van der Waals surface area contributed by atoms with Crippen molar-refractivity contribution in [3.63, 3.8) is 0 Å². The van der Waals surface area contributed by atoms with Crippen molar-refractivity contribution in [1.82, 2.24) is 0 Å². The smallest absolute Gasteiger partial charge is 0.234 e. The summed E-state index contributed by atoms with van der Waals surface area (Å²) in [4.78, 5) is 0. The van der Waals surface area contributed by atoms with E-state index in [1.807, 2.05) is 59.2 Å². The lowest BCUT2D eigenvalue weighted by atomic mass is 9.85. The van der Waals surface area contributed by atoms with Gasteiger partial charge in [0.05, 0.1) is 6.61 Å². The van der Waals surface area contributed by atoms with Crippen molar-refractivity contribution < 1.29 is 66.3 Å². The fraction of sp³-hybridized carbons (Fsp3) is 0.680. The third-order valence-electron chi connectivity index (χ3n) is 18.7. The van der Waals surface area contributed by atoms with Gasteiger partial charge in [0.1, 0.15) is 50.8 Å². The molecular formula is C75H108O14S6. The number of rotatable bonds is 22. The highest BCUT2D eigenvalue weighted by atomic mass is 32.1. The van der Waals surface area contributed by atoms with Crippen LogP contribution in [0.3, 0.4) is 0 Å². The zero-order valence-corrected chi connectivity index (χ0v) is 61.9. The van der Waals surface area contributed by atoms with E-state index < -0.39 is 0 Å². The minimum absolute atomic E-state index is 0.235. The predicted molar refractivity (Wildman–Crippen MR) is 388 cm³/mol. The second-order valence-corrected chi connectivity index (χ2v) is 31.2. The second kappa shape index (κ2) is 41.3. The normalized spacial score (nSPS) is 22.3. The van der Waals surface area contributed by atoms with Gasteiger partial charge in [0.25, 0.3) is 0 Å². The van der Waals surface area contributed by atoms with Gasteiger partial charge in [0.15, 0.2) is 82.2 Å². The van der Waals surface area contributed by atoms with E-state index in [1.165, 1.54) is 180 Å². The van der Waals surface area contributed by atoms with Crippen molar-refractivity contribution in [2.75, 3.05) is 53.4 Å². The molecule has 6 aromatic heterocycles. The van der Waals surface area contributed by atoms with Crippen LogP contribution in [-0.4, -0.2) is 90.4 Å². The van der Waals surface area contributed by atoms with Gasteiger partial charge in [0.2, 0.25) is 12.6 Å². The first kappa shape index (κ1) is 73.4.